The second-order valence-electron chi connectivity index (χ2n) is 5.34. The summed E-state index contributed by atoms with van der Waals surface area (Å²) in [5, 5.41) is 6.19. The maximum Gasteiger partial charge on any atom is 0.230 e. The highest BCUT2D eigenvalue weighted by molar-refractivity contribution is 8.00. The SMILES string of the molecule is CC(C)c1ccc(SCC(=O)NCC2CNC2)cc1.Cl. The molecule has 1 fully saturated rings. The quantitative estimate of drug-likeness (QED) is 0.793. The Labute approximate surface area is 131 Å². The minimum atomic E-state index is 0. The zero-order valence-electron chi connectivity index (χ0n) is 12.0. The molecule has 112 valence electrons. The zero-order valence-corrected chi connectivity index (χ0v) is 13.7. The number of carbonyl (C=O) groups excluding carboxylic acids is 1. The fourth-order valence-corrected chi connectivity index (χ4v) is 2.63. The summed E-state index contributed by atoms with van der Waals surface area (Å²) in [6.07, 6.45) is 0. The Hall–Kier alpha value is -0.710. The van der Waals surface area contributed by atoms with Crippen molar-refractivity contribution in [3.63, 3.8) is 0 Å². The summed E-state index contributed by atoms with van der Waals surface area (Å²) >= 11 is 1.60. The van der Waals surface area contributed by atoms with Crippen LogP contribution in [0.15, 0.2) is 29.2 Å². The van der Waals surface area contributed by atoms with Crippen LogP contribution in [-0.4, -0.2) is 31.3 Å². The van der Waals surface area contributed by atoms with Crippen LogP contribution in [0.3, 0.4) is 0 Å². The Bertz CT molecular complexity index is 418. The van der Waals surface area contributed by atoms with Crippen LogP contribution < -0.4 is 10.6 Å². The van der Waals surface area contributed by atoms with E-state index in [0.717, 1.165) is 24.5 Å². The Morgan fingerprint density at radius 3 is 2.50 bits per heavy atom. The van der Waals surface area contributed by atoms with Crippen LogP contribution in [0.4, 0.5) is 0 Å². The molecule has 3 nitrogen and oxygen atoms in total. The number of carbonyl (C=O) groups is 1. The van der Waals surface area contributed by atoms with Crippen molar-refractivity contribution in [2.24, 2.45) is 5.92 Å². The number of thioether (sulfide) groups is 1. The van der Waals surface area contributed by atoms with Crippen molar-refractivity contribution in [3.05, 3.63) is 29.8 Å². The molecular formula is C15H23ClN2OS. The molecule has 5 heteroatoms. The third-order valence-corrected chi connectivity index (χ3v) is 4.38. The first kappa shape index (κ1) is 17.3. The van der Waals surface area contributed by atoms with Gasteiger partial charge in [-0.15, -0.1) is 24.2 Å². The lowest BCUT2D eigenvalue weighted by molar-refractivity contribution is -0.118. The fraction of sp³-hybridized carbons (Fsp3) is 0.533. The average Bonchev–Trinajstić information content (AvgIpc) is 2.35. The Morgan fingerprint density at radius 2 is 2.00 bits per heavy atom. The highest BCUT2D eigenvalue weighted by atomic mass is 35.5. The minimum Gasteiger partial charge on any atom is -0.355 e. The van der Waals surface area contributed by atoms with E-state index in [-0.39, 0.29) is 18.3 Å². The highest BCUT2D eigenvalue weighted by Crippen LogP contribution is 2.21. The Kier molecular flexibility index (Phi) is 7.41. The van der Waals surface area contributed by atoms with Crippen LogP contribution in [0.25, 0.3) is 0 Å². The highest BCUT2D eigenvalue weighted by Gasteiger charge is 2.16. The van der Waals surface area contributed by atoms with Gasteiger partial charge in [0, 0.05) is 30.4 Å². The molecule has 0 aliphatic carbocycles. The molecule has 0 unspecified atom stereocenters. The molecule has 1 amide bonds. The van der Waals surface area contributed by atoms with E-state index < -0.39 is 0 Å². The van der Waals surface area contributed by atoms with E-state index in [1.807, 2.05) is 0 Å². The van der Waals surface area contributed by atoms with Crippen molar-refractivity contribution >= 4 is 30.1 Å². The molecule has 0 spiro atoms. The van der Waals surface area contributed by atoms with Crippen molar-refractivity contribution in [1.82, 2.24) is 10.6 Å². The van der Waals surface area contributed by atoms with Gasteiger partial charge in [0.25, 0.3) is 0 Å². The summed E-state index contributed by atoms with van der Waals surface area (Å²) in [7, 11) is 0. The molecule has 1 aromatic carbocycles. The van der Waals surface area contributed by atoms with Crippen molar-refractivity contribution < 1.29 is 4.79 Å². The first-order valence-corrected chi connectivity index (χ1v) is 7.84. The summed E-state index contributed by atoms with van der Waals surface area (Å²) in [5.74, 6) is 1.81. The number of halogens is 1. The number of hydrogen-bond donors (Lipinski definition) is 2. The molecule has 1 aliphatic heterocycles. The predicted octanol–water partition coefficient (Wildman–Crippen LogP) is 2.66. The topological polar surface area (TPSA) is 41.1 Å². The molecule has 0 atom stereocenters. The fourth-order valence-electron chi connectivity index (χ4n) is 1.90. The van der Waals surface area contributed by atoms with E-state index in [9.17, 15) is 4.79 Å². The summed E-state index contributed by atoms with van der Waals surface area (Å²) in [5.41, 5.74) is 1.34. The van der Waals surface area contributed by atoms with Gasteiger partial charge in [0.05, 0.1) is 5.75 Å². The monoisotopic (exact) mass is 314 g/mol. The van der Waals surface area contributed by atoms with Gasteiger partial charge in [-0.3, -0.25) is 4.79 Å². The lowest BCUT2D eigenvalue weighted by atomic mass is 10.0. The molecule has 1 saturated heterocycles. The first-order chi connectivity index (χ1) is 9.15. The third kappa shape index (κ3) is 5.35. The van der Waals surface area contributed by atoms with E-state index in [2.05, 4.69) is 48.7 Å². The van der Waals surface area contributed by atoms with Gasteiger partial charge in [-0.1, -0.05) is 26.0 Å². The molecule has 1 heterocycles. The number of rotatable bonds is 6. The van der Waals surface area contributed by atoms with Crippen molar-refractivity contribution in [1.29, 1.82) is 0 Å². The van der Waals surface area contributed by atoms with E-state index >= 15 is 0 Å². The molecule has 0 aromatic heterocycles. The van der Waals surface area contributed by atoms with Gasteiger partial charge in [0.1, 0.15) is 0 Å². The van der Waals surface area contributed by atoms with Gasteiger partial charge in [0.2, 0.25) is 5.91 Å². The number of hydrogen-bond acceptors (Lipinski definition) is 3. The summed E-state index contributed by atoms with van der Waals surface area (Å²) in [6.45, 7) is 7.24. The molecule has 2 N–H and O–H groups in total. The second-order valence-corrected chi connectivity index (χ2v) is 6.39. The Morgan fingerprint density at radius 1 is 1.35 bits per heavy atom. The van der Waals surface area contributed by atoms with Gasteiger partial charge in [0.15, 0.2) is 0 Å². The smallest absolute Gasteiger partial charge is 0.230 e. The maximum atomic E-state index is 11.7. The van der Waals surface area contributed by atoms with E-state index in [0.29, 0.717) is 17.6 Å². The summed E-state index contributed by atoms with van der Waals surface area (Å²) < 4.78 is 0. The van der Waals surface area contributed by atoms with Crippen LogP contribution in [0, 0.1) is 5.92 Å². The van der Waals surface area contributed by atoms with E-state index in [1.54, 1.807) is 11.8 Å². The van der Waals surface area contributed by atoms with Crippen molar-refractivity contribution in [3.8, 4) is 0 Å². The molecule has 0 saturated carbocycles. The largest absolute Gasteiger partial charge is 0.355 e. The van der Waals surface area contributed by atoms with Crippen LogP contribution in [0.1, 0.15) is 25.3 Å². The van der Waals surface area contributed by atoms with E-state index in [4.69, 9.17) is 0 Å². The van der Waals surface area contributed by atoms with Crippen LogP contribution >= 0.6 is 24.2 Å². The number of amides is 1. The van der Waals surface area contributed by atoms with E-state index in [1.165, 1.54) is 5.56 Å². The molecule has 1 aliphatic rings. The third-order valence-electron chi connectivity index (χ3n) is 3.37. The zero-order chi connectivity index (χ0) is 13.7. The van der Waals surface area contributed by atoms with Gasteiger partial charge in [-0.2, -0.15) is 0 Å². The minimum absolute atomic E-state index is 0. The van der Waals surface area contributed by atoms with Gasteiger partial charge in [-0.25, -0.2) is 0 Å². The number of benzene rings is 1. The van der Waals surface area contributed by atoms with Crippen molar-refractivity contribution in [2.45, 2.75) is 24.7 Å². The van der Waals surface area contributed by atoms with Gasteiger partial charge >= 0.3 is 0 Å². The lowest BCUT2D eigenvalue weighted by Crippen LogP contribution is -2.48. The van der Waals surface area contributed by atoms with Gasteiger partial charge < -0.3 is 10.6 Å². The number of nitrogens with one attached hydrogen (secondary N) is 2. The predicted molar refractivity (Wildman–Crippen MR) is 87.9 cm³/mol. The second kappa shape index (κ2) is 8.55. The Balaban J connectivity index is 0.00000200. The summed E-state index contributed by atoms with van der Waals surface area (Å²) in [4.78, 5) is 12.8. The van der Waals surface area contributed by atoms with Gasteiger partial charge in [-0.05, 0) is 23.6 Å². The van der Waals surface area contributed by atoms with Crippen molar-refractivity contribution in [2.75, 3.05) is 25.4 Å². The average molecular weight is 315 g/mol. The molecule has 0 bridgehead atoms. The van der Waals surface area contributed by atoms with Crippen LogP contribution in [0.5, 0.6) is 0 Å². The molecule has 2 rings (SSSR count). The molecule has 0 radical (unpaired) electrons. The summed E-state index contributed by atoms with van der Waals surface area (Å²) in [6, 6.07) is 8.49. The molecule has 20 heavy (non-hydrogen) atoms. The molecule has 1 aromatic rings. The molecular weight excluding hydrogens is 292 g/mol. The maximum absolute atomic E-state index is 11.7. The lowest BCUT2D eigenvalue weighted by Gasteiger charge is -2.27. The van der Waals surface area contributed by atoms with Crippen LogP contribution in [0.2, 0.25) is 0 Å². The normalized spacial score (nSPS) is 14.6. The van der Waals surface area contributed by atoms with Crippen LogP contribution in [-0.2, 0) is 4.79 Å². The standard InChI is InChI=1S/C15H22N2OS.ClH/c1-11(2)13-3-5-14(6-4-13)19-10-15(18)17-9-12-7-16-8-12;/h3-6,11-12,16H,7-10H2,1-2H3,(H,17,18);1H. The first-order valence-electron chi connectivity index (χ1n) is 6.85.